The Balaban J connectivity index is 0.00000289. The molecule has 1 saturated heterocycles. The van der Waals surface area contributed by atoms with Crippen molar-refractivity contribution >= 4 is 35.8 Å². The van der Waals surface area contributed by atoms with Gasteiger partial charge in [0.2, 0.25) is 5.91 Å². The van der Waals surface area contributed by atoms with E-state index >= 15 is 0 Å². The predicted molar refractivity (Wildman–Crippen MR) is 142 cm³/mol. The van der Waals surface area contributed by atoms with Gasteiger partial charge in [0.05, 0.1) is 6.04 Å². The zero-order valence-corrected chi connectivity index (χ0v) is 22.1. The Kier molecular flexibility index (Phi) is 9.64. The Morgan fingerprint density at radius 1 is 1.09 bits per heavy atom. The molecule has 0 bridgehead atoms. The maximum Gasteiger partial charge on any atom is 0.225 e. The first-order chi connectivity index (χ1) is 15.1. The third-order valence-corrected chi connectivity index (χ3v) is 7.31. The van der Waals surface area contributed by atoms with Gasteiger partial charge in [-0.3, -0.25) is 14.7 Å². The number of aryl methyl sites for hydroxylation is 2. The number of guanidine groups is 1. The minimum atomic E-state index is 0. The molecule has 4 rings (SSSR count). The molecule has 2 aliphatic carbocycles. The molecule has 3 aliphatic rings. The zero-order chi connectivity index (χ0) is 21.6. The van der Waals surface area contributed by atoms with Crippen LogP contribution in [0.5, 0.6) is 0 Å². The number of hydrogen-bond acceptors (Lipinski definition) is 3. The van der Waals surface area contributed by atoms with Gasteiger partial charge in [-0.25, -0.2) is 0 Å². The first kappa shape index (κ1) is 25.3. The SMILES string of the molecule is CN=C(NCCN1CCN(C(=O)C2CCC2)CC1)NC(C)c1ccc2c(c1)CCCC2.I. The number of fused-ring (bicyclic) bond motifs is 1. The van der Waals surface area contributed by atoms with E-state index in [1.54, 1.807) is 0 Å². The smallest absolute Gasteiger partial charge is 0.225 e. The van der Waals surface area contributed by atoms with Crippen LogP contribution in [0.1, 0.15) is 61.8 Å². The molecule has 1 aromatic rings. The molecule has 6 nitrogen and oxygen atoms in total. The normalized spacial score (nSPS) is 20.6. The Labute approximate surface area is 210 Å². The lowest BCUT2D eigenvalue weighted by Gasteiger charge is -2.38. The molecule has 1 aliphatic heterocycles. The molecular formula is C25H40IN5O. The van der Waals surface area contributed by atoms with Gasteiger partial charge in [-0.05, 0) is 62.1 Å². The Morgan fingerprint density at radius 3 is 2.47 bits per heavy atom. The topological polar surface area (TPSA) is 60.0 Å². The first-order valence-electron chi connectivity index (χ1n) is 12.2. The highest BCUT2D eigenvalue weighted by atomic mass is 127. The van der Waals surface area contributed by atoms with Crippen molar-refractivity contribution < 1.29 is 4.79 Å². The van der Waals surface area contributed by atoms with E-state index < -0.39 is 0 Å². The van der Waals surface area contributed by atoms with Crippen LogP contribution in [-0.4, -0.2) is 68.0 Å². The molecule has 32 heavy (non-hydrogen) atoms. The van der Waals surface area contributed by atoms with Gasteiger partial charge in [-0.15, -0.1) is 24.0 Å². The average Bonchev–Trinajstić information content (AvgIpc) is 2.77. The van der Waals surface area contributed by atoms with Gasteiger partial charge in [0.15, 0.2) is 5.96 Å². The van der Waals surface area contributed by atoms with Crippen molar-refractivity contribution in [3.63, 3.8) is 0 Å². The van der Waals surface area contributed by atoms with Crippen LogP contribution in [-0.2, 0) is 17.6 Å². The summed E-state index contributed by atoms with van der Waals surface area (Å²) in [5.41, 5.74) is 4.38. The Morgan fingerprint density at radius 2 is 1.81 bits per heavy atom. The molecule has 0 spiro atoms. The number of carbonyl (C=O) groups is 1. The largest absolute Gasteiger partial charge is 0.355 e. The van der Waals surface area contributed by atoms with Gasteiger partial charge in [0.25, 0.3) is 0 Å². The lowest BCUT2D eigenvalue weighted by Crippen LogP contribution is -2.52. The fourth-order valence-electron chi connectivity index (χ4n) is 4.94. The lowest BCUT2D eigenvalue weighted by atomic mass is 9.84. The molecule has 2 fully saturated rings. The number of piperazine rings is 1. The highest BCUT2D eigenvalue weighted by Crippen LogP contribution is 2.28. The van der Waals surface area contributed by atoms with E-state index in [-0.39, 0.29) is 30.0 Å². The van der Waals surface area contributed by atoms with Gasteiger partial charge in [-0.2, -0.15) is 0 Å². The van der Waals surface area contributed by atoms with E-state index in [1.807, 2.05) is 7.05 Å². The number of carbonyl (C=O) groups excluding carboxylic acids is 1. The Hall–Kier alpha value is -1.35. The summed E-state index contributed by atoms with van der Waals surface area (Å²) in [6.45, 7) is 7.72. The van der Waals surface area contributed by atoms with Crippen molar-refractivity contribution in [2.75, 3.05) is 46.3 Å². The number of halogens is 1. The second-order valence-electron chi connectivity index (χ2n) is 9.40. The molecule has 178 valence electrons. The fourth-order valence-corrected chi connectivity index (χ4v) is 4.94. The van der Waals surface area contributed by atoms with Gasteiger partial charge in [0, 0.05) is 52.2 Å². The van der Waals surface area contributed by atoms with Crippen LogP contribution < -0.4 is 10.6 Å². The van der Waals surface area contributed by atoms with Gasteiger partial charge in [-0.1, -0.05) is 24.6 Å². The summed E-state index contributed by atoms with van der Waals surface area (Å²) < 4.78 is 0. The van der Waals surface area contributed by atoms with E-state index in [2.05, 4.69) is 50.5 Å². The van der Waals surface area contributed by atoms with E-state index in [9.17, 15) is 4.79 Å². The lowest BCUT2D eigenvalue weighted by molar-refractivity contribution is -0.139. The van der Waals surface area contributed by atoms with Crippen molar-refractivity contribution in [1.29, 1.82) is 0 Å². The molecule has 7 heteroatoms. The van der Waals surface area contributed by atoms with Crippen molar-refractivity contribution in [3.05, 3.63) is 34.9 Å². The molecule has 0 aromatic heterocycles. The highest BCUT2D eigenvalue weighted by molar-refractivity contribution is 14.0. The summed E-state index contributed by atoms with van der Waals surface area (Å²) >= 11 is 0. The monoisotopic (exact) mass is 553 g/mol. The summed E-state index contributed by atoms with van der Waals surface area (Å²) in [7, 11) is 1.83. The molecule has 1 saturated carbocycles. The van der Waals surface area contributed by atoms with Crippen molar-refractivity contribution in [3.8, 4) is 0 Å². The van der Waals surface area contributed by atoms with Crippen molar-refractivity contribution in [2.24, 2.45) is 10.9 Å². The van der Waals surface area contributed by atoms with Gasteiger partial charge < -0.3 is 15.5 Å². The van der Waals surface area contributed by atoms with Crippen LogP contribution in [0.25, 0.3) is 0 Å². The number of nitrogens with one attached hydrogen (secondary N) is 2. The molecule has 1 unspecified atom stereocenters. The molecule has 1 heterocycles. The summed E-state index contributed by atoms with van der Waals surface area (Å²) in [5.74, 6) is 1.56. The van der Waals surface area contributed by atoms with Crippen LogP contribution in [0.3, 0.4) is 0 Å². The second-order valence-corrected chi connectivity index (χ2v) is 9.40. The number of aliphatic imine (C=N–C) groups is 1. The quantitative estimate of drug-likeness (QED) is 0.323. The maximum atomic E-state index is 12.4. The number of nitrogens with zero attached hydrogens (tertiary/aromatic N) is 3. The van der Waals surface area contributed by atoms with E-state index in [0.29, 0.717) is 11.8 Å². The molecule has 1 aromatic carbocycles. The molecule has 2 N–H and O–H groups in total. The van der Waals surface area contributed by atoms with Crippen LogP contribution in [0.4, 0.5) is 0 Å². The number of hydrogen-bond donors (Lipinski definition) is 2. The third kappa shape index (κ3) is 6.37. The first-order valence-corrected chi connectivity index (χ1v) is 12.2. The zero-order valence-electron chi connectivity index (χ0n) is 19.7. The number of rotatable bonds is 6. The molecule has 1 amide bonds. The maximum absolute atomic E-state index is 12.4. The third-order valence-electron chi connectivity index (χ3n) is 7.31. The summed E-state index contributed by atoms with van der Waals surface area (Å²) in [6, 6.07) is 7.18. The molecule has 1 atom stereocenters. The fraction of sp³-hybridized carbons (Fsp3) is 0.680. The number of benzene rings is 1. The average molecular weight is 554 g/mol. The standard InChI is InChI=1S/C25H39N5O.HI/c1-19(22-11-10-20-6-3-4-7-23(20)18-22)28-25(26-2)27-12-13-29-14-16-30(17-15-29)24(31)21-8-5-9-21;/h10-11,18-19,21H,3-9,12-17H2,1-2H3,(H2,26,27,28);1H. The van der Waals surface area contributed by atoms with Crippen LogP contribution in [0.15, 0.2) is 23.2 Å². The van der Waals surface area contributed by atoms with E-state index in [4.69, 9.17) is 0 Å². The van der Waals surface area contributed by atoms with E-state index in [1.165, 1.54) is 48.8 Å². The number of amides is 1. The Bertz CT molecular complexity index is 787. The minimum Gasteiger partial charge on any atom is -0.355 e. The summed E-state index contributed by atoms with van der Waals surface area (Å²) in [6.07, 6.45) is 8.49. The van der Waals surface area contributed by atoms with Crippen LogP contribution >= 0.6 is 24.0 Å². The van der Waals surface area contributed by atoms with Gasteiger partial charge >= 0.3 is 0 Å². The van der Waals surface area contributed by atoms with Crippen LogP contribution in [0, 0.1) is 5.92 Å². The van der Waals surface area contributed by atoms with Crippen molar-refractivity contribution in [1.82, 2.24) is 20.4 Å². The highest BCUT2D eigenvalue weighted by Gasteiger charge is 2.31. The van der Waals surface area contributed by atoms with Crippen molar-refractivity contribution in [2.45, 2.75) is 57.9 Å². The van der Waals surface area contributed by atoms with E-state index in [0.717, 1.165) is 58.1 Å². The summed E-state index contributed by atoms with van der Waals surface area (Å²) in [4.78, 5) is 21.3. The molecule has 0 radical (unpaired) electrons. The second kappa shape index (κ2) is 12.2. The van der Waals surface area contributed by atoms with Gasteiger partial charge in [0.1, 0.15) is 0 Å². The minimum absolute atomic E-state index is 0. The van der Waals surface area contributed by atoms with Crippen LogP contribution in [0.2, 0.25) is 0 Å². The summed E-state index contributed by atoms with van der Waals surface area (Å²) in [5, 5.41) is 7.01. The molecular weight excluding hydrogens is 513 g/mol. The predicted octanol–water partition coefficient (Wildman–Crippen LogP) is 3.35.